The molecule has 1 unspecified atom stereocenters. The molecule has 9 heteroatoms. The fourth-order valence-corrected chi connectivity index (χ4v) is 3.68. The molecule has 4 N–H and O–H groups in total. The van der Waals surface area contributed by atoms with Crippen molar-refractivity contribution >= 4 is 18.0 Å². The molecule has 170 valence electrons. The van der Waals surface area contributed by atoms with Crippen LogP contribution in [0, 0.1) is 0 Å². The average molecular weight is 442 g/mol. The lowest BCUT2D eigenvalue weighted by Crippen LogP contribution is -2.44. The fraction of sp³-hybridized carbons (Fsp3) is 0.348. The van der Waals surface area contributed by atoms with Crippen molar-refractivity contribution in [2.45, 2.75) is 24.5 Å². The number of carbonyl (C=O) groups excluding carboxylic acids is 2. The number of carbonyl (C=O) groups is 3. The van der Waals surface area contributed by atoms with Crippen molar-refractivity contribution < 1.29 is 34.1 Å². The van der Waals surface area contributed by atoms with Crippen molar-refractivity contribution in [1.82, 2.24) is 10.6 Å². The first-order valence-corrected chi connectivity index (χ1v) is 10.2. The van der Waals surface area contributed by atoms with Crippen molar-refractivity contribution in [1.29, 1.82) is 0 Å². The molecule has 0 fully saturated rings. The summed E-state index contributed by atoms with van der Waals surface area (Å²) in [4.78, 5) is 34.9. The van der Waals surface area contributed by atoms with E-state index in [0.29, 0.717) is 0 Å². The highest BCUT2D eigenvalue weighted by atomic mass is 16.5. The van der Waals surface area contributed by atoms with E-state index in [9.17, 15) is 19.5 Å². The number of benzene rings is 2. The Kier molecular flexibility index (Phi) is 7.80. The van der Waals surface area contributed by atoms with Crippen molar-refractivity contribution in [2.24, 2.45) is 0 Å². The van der Waals surface area contributed by atoms with Crippen LogP contribution in [0.5, 0.6) is 0 Å². The standard InChI is InChI=1S/C23H26N2O7/c1-31-20(21(27)24-11-10-19(26)22(28)29)12-25-23(30)32-13-18-16-8-4-2-6-14(16)15-7-3-5-9-17(15)18/h2-9,18-20,26H,10-13H2,1H3,(H,24,27)(H,25,30)(H,28,29)/t19-,20?/m0/s1. The number of methoxy groups -OCH3 is 1. The minimum absolute atomic E-state index is 0.0445. The zero-order valence-corrected chi connectivity index (χ0v) is 17.6. The molecule has 2 aromatic carbocycles. The van der Waals surface area contributed by atoms with Gasteiger partial charge >= 0.3 is 12.1 Å². The van der Waals surface area contributed by atoms with Gasteiger partial charge in [-0.25, -0.2) is 9.59 Å². The maximum absolute atomic E-state index is 12.2. The van der Waals surface area contributed by atoms with E-state index in [4.69, 9.17) is 14.6 Å². The summed E-state index contributed by atoms with van der Waals surface area (Å²) in [5, 5.41) is 22.8. The number of carboxylic acid groups (broad SMARTS) is 1. The zero-order valence-electron chi connectivity index (χ0n) is 17.6. The molecule has 32 heavy (non-hydrogen) atoms. The number of hydrogen-bond donors (Lipinski definition) is 4. The van der Waals surface area contributed by atoms with E-state index >= 15 is 0 Å². The Bertz CT molecular complexity index is 933. The second kappa shape index (κ2) is 10.7. The molecule has 9 nitrogen and oxygen atoms in total. The Morgan fingerprint density at radius 2 is 1.59 bits per heavy atom. The predicted octanol–water partition coefficient (Wildman–Crippen LogP) is 1.49. The molecule has 1 aliphatic carbocycles. The van der Waals surface area contributed by atoms with E-state index in [-0.39, 0.29) is 32.0 Å². The highest BCUT2D eigenvalue weighted by molar-refractivity contribution is 5.82. The molecule has 0 radical (unpaired) electrons. The molecule has 3 rings (SSSR count). The van der Waals surface area contributed by atoms with Crippen LogP contribution in [0.1, 0.15) is 23.5 Å². The Morgan fingerprint density at radius 3 is 2.16 bits per heavy atom. The number of rotatable bonds is 10. The van der Waals surface area contributed by atoms with Gasteiger partial charge in [-0.3, -0.25) is 4.79 Å². The largest absolute Gasteiger partial charge is 0.479 e. The predicted molar refractivity (Wildman–Crippen MR) is 115 cm³/mol. The number of ether oxygens (including phenoxy) is 2. The number of alkyl carbamates (subject to hydrolysis) is 1. The van der Waals surface area contributed by atoms with Gasteiger partial charge in [0.25, 0.3) is 5.91 Å². The van der Waals surface area contributed by atoms with E-state index in [2.05, 4.69) is 10.6 Å². The normalized spacial score (nSPS) is 14.1. The van der Waals surface area contributed by atoms with E-state index in [1.54, 1.807) is 0 Å². The van der Waals surface area contributed by atoms with Crippen LogP contribution in [0.2, 0.25) is 0 Å². The lowest BCUT2D eigenvalue weighted by Gasteiger charge is -2.18. The summed E-state index contributed by atoms with van der Waals surface area (Å²) in [5.41, 5.74) is 4.45. The molecule has 2 atom stereocenters. The molecule has 0 spiro atoms. The van der Waals surface area contributed by atoms with Crippen LogP contribution in [0.4, 0.5) is 4.79 Å². The summed E-state index contributed by atoms with van der Waals surface area (Å²) in [6.45, 7) is -0.0195. The molecule has 0 bridgehead atoms. The number of carboxylic acids is 1. The Balaban J connectivity index is 1.48. The smallest absolute Gasteiger partial charge is 0.407 e. The lowest BCUT2D eigenvalue weighted by molar-refractivity contribution is -0.147. The summed E-state index contributed by atoms with van der Waals surface area (Å²) in [5.74, 6) is -1.97. The minimum Gasteiger partial charge on any atom is -0.479 e. The lowest BCUT2D eigenvalue weighted by atomic mass is 9.98. The Hall–Kier alpha value is -3.43. The highest BCUT2D eigenvalue weighted by Crippen LogP contribution is 2.44. The topological polar surface area (TPSA) is 134 Å². The molecule has 0 aliphatic heterocycles. The molecule has 2 aromatic rings. The molecule has 0 saturated heterocycles. The summed E-state index contributed by atoms with van der Waals surface area (Å²) in [6, 6.07) is 16.0. The second-order valence-corrected chi connectivity index (χ2v) is 7.36. The summed E-state index contributed by atoms with van der Waals surface area (Å²) in [6.07, 6.45) is -3.37. The van der Waals surface area contributed by atoms with Crippen LogP contribution in [0.25, 0.3) is 11.1 Å². The van der Waals surface area contributed by atoms with E-state index in [1.165, 1.54) is 7.11 Å². The van der Waals surface area contributed by atoms with Gasteiger partial charge in [0, 0.05) is 26.0 Å². The van der Waals surface area contributed by atoms with Crippen molar-refractivity contribution in [3.8, 4) is 11.1 Å². The monoisotopic (exact) mass is 442 g/mol. The number of aliphatic carboxylic acids is 1. The van der Waals surface area contributed by atoms with Crippen molar-refractivity contribution in [3.63, 3.8) is 0 Å². The number of aliphatic hydroxyl groups excluding tert-OH is 1. The first-order valence-electron chi connectivity index (χ1n) is 10.2. The summed E-state index contributed by atoms with van der Waals surface area (Å²) >= 11 is 0. The van der Waals surface area contributed by atoms with Gasteiger partial charge in [0.15, 0.2) is 12.2 Å². The highest BCUT2D eigenvalue weighted by Gasteiger charge is 2.29. The number of hydrogen-bond acceptors (Lipinski definition) is 6. The maximum atomic E-state index is 12.2. The second-order valence-electron chi connectivity index (χ2n) is 7.36. The molecule has 0 aromatic heterocycles. The first-order chi connectivity index (χ1) is 15.4. The third kappa shape index (κ3) is 5.43. The van der Waals surface area contributed by atoms with Crippen LogP contribution in [0.15, 0.2) is 48.5 Å². The third-order valence-electron chi connectivity index (χ3n) is 5.35. The quantitative estimate of drug-likeness (QED) is 0.438. The number of fused-ring (bicyclic) bond motifs is 3. The summed E-state index contributed by atoms with van der Waals surface area (Å²) in [7, 11) is 1.32. The zero-order chi connectivity index (χ0) is 23.1. The van der Waals surface area contributed by atoms with Gasteiger partial charge in [0.1, 0.15) is 6.61 Å². The van der Waals surface area contributed by atoms with Gasteiger partial charge < -0.3 is 30.3 Å². The van der Waals surface area contributed by atoms with Gasteiger partial charge in [0.2, 0.25) is 0 Å². The van der Waals surface area contributed by atoms with E-state index < -0.39 is 30.2 Å². The van der Waals surface area contributed by atoms with Crippen LogP contribution in [-0.4, -0.2) is 67.2 Å². The van der Waals surface area contributed by atoms with Crippen molar-refractivity contribution in [2.75, 3.05) is 26.8 Å². The maximum Gasteiger partial charge on any atom is 0.407 e. The number of aliphatic hydroxyl groups is 1. The van der Waals surface area contributed by atoms with Crippen LogP contribution < -0.4 is 10.6 Å². The average Bonchev–Trinajstić information content (AvgIpc) is 3.11. The van der Waals surface area contributed by atoms with Gasteiger partial charge in [-0.05, 0) is 22.3 Å². The van der Waals surface area contributed by atoms with Gasteiger partial charge in [-0.1, -0.05) is 48.5 Å². The first kappa shape index (κ1) is 23.2. The molecular weight excluding hydrogens is 416 g/mol. The Morgan fingerprint density at radius 1 is 1.00 bits per heavy atom. The molecule has 0 saturated carbocycles. The number of nitrogens with one attached hydrogen (secondary N) is 2. The van der Waals surface area contributed by atoms with Gasteiger partial charge in [-0.2, -0.15) is 0 Å². The van der Waals surface area contributed by atoms with E-state index in [1.807, 2.05) is 48.5 Å². The van der Waals surface area contributed by atoms with Crippen LogP contribution in [-0.2, 0) is 19.1 Å². The third-order valence-corrected chi connectivity index (χ3v) is 5.35. The van der Waals surface area contributed by atoms with Crippen molar-refractivity contribution in [3.05, 3.63) is 59.7 Å². The van der Waals surface area contributed by atoms with E-state index in [0.717, 1.165) is 22.3 Å². The Labute approximate surface area is 185 Å². The van der Waals surface area contributed by atoms with Gasteiger partial charge in [0.05, 0.1) is 6.54 Å². The molecule has 2 amide bonds. The number of amides is 2. The van der Waals surface area contributed by atoms with Gasteiger partial charge in [-0.15, -0.1) is 0 Å². The fourth-order valence-electron chi connectivity index (χ4n) is 3.68. The minimum atomic E-state index is -1.56. The summed E-state index contributed by atoms with van der Waals surface area (Å²) < 4.78 is 10.5. The molecule has 0 heterocycles. The SMILES string of the molecule is COC(CNC(=O)OCC1c2ccccc2-c2ccccc21)C(=O)NCC[C@H](O)C(=O)O. The van der Waals surface area contributed by atoms with Crippen LogP contribution >= 0.6 is 0 Å². The molecule has 1 aliphatic rings. The van der Waals surface area contributed by atoms with Crippen LogP contribution in [0.3, 0.4) is 0 Å². The molecular formula is C23H26N2O7.